The lowest BCUT2D eigenvalue weighted by atomic mass is 10.0. The predicted molar refractivity (Wildman–Crippen MR) is 124 cm³/mol. The number of ether oxygens (including phenoxy) is 2. The van der Waals surface area contributed by atoms with Gasteiger partial charge in [-0.2, -0.15) is 0 Å². The molecule has 0 radical (unpaired) electrons. The largest absolute Gasteiger partial charge is 0.481 e. The molecule has 1 unspecified atom stereocenters. The third-order valence-electron chi connectivity index (χ3n) is 5.81. The van der Waals surface area contributed by atoms with E-state index < -0.39 is 11.6 Å². The van der Waals surface area contributed by atoms with E-state index in [1.165, 1.54) is 19.9 Å². The van der Waals surface area contributed by atoms with Gasteiger partial charge in [-0.15, -0.1) is 6.42 Å². The molecular formula is C26H27O3S+. The number of hydrogen-bond acceptors (Lipinski definition) is 3. The summed E-state index contributed by atoms with van der Waals surface area (Å²) in [5.74, 6) is 3.02. The number of rotatable bonds is 5. The molecule has 154 valence electrons. The van der Waals surface area contributed by atoms with E-state index in [0.717, 1.165) is 42.6 Å². The maximum atomic E-state index is 12.4. The molecule has 3 aromatic rings. The van der Waals surface area contributed by atoms with Gasteiger partial charge in [0, 0.05) is 41.0 Å². The fourth-order valence-electron chi connectivity index (χ4n) is 4.41. The molecule has 0 spiro atoms. The van der Waals surface area contributed by atoms with Crippen molar-refractivity contribution in [1.82, 2.24) is 0 Å². The monoisotopic (exact) mass is 419 g/mol. The highest BCUT2D eigenvalue weighted by Crippen LogP contribution is 2.45. The molecule has 1 heterocycles. The van der Waals surface area contributed by atoms with E-state index in [0.29, 0.717) is 0 Å². The van der Waals surface area contributed by atoms with Crippen LogP contribution in [-0.2, 0) is 9.53 Å². The van der Waals surface area contributed by atoms with Gasteiger partial charge in [0.2, 0.25) is 0 Å². The smallest absolute Gasteiger partial charge is 0.345 e. The highest BCUT2D eigenvalue weighted by atomic mass is 32.2. The minimum absolute atomic E-state index is 0.0704. The summed E-state index contributed by atoms with van der Waals surface area (Å²) in [7, 11) is -0.0704. The Bertz CT molecular complexity index is 1120. The number of benzene rings is 2. The van der Waals surface area contributed by atoms with Crippen molar-refractivity contribution in [2.75, 3.05) is 6.61 Å². The lowest BCUT2D eigenvalue weighted by Gasteiger charge is -2.23. The number of terminal acetylenes is 1. The molecular weight excluding hydrogens is 392 g/mol. The van der Waals surface area contributed by atoms with Gasteiger partial charge in [0.1, 0.15) is 5.75 Å². The van der Waals surface area contributed by atoms with Crippen molar-refractivity contribution in [1.29, 1.82) is 0 Å². The van der Waals surface area contributed by atoms with Crippen LogP contribution < -0.4 is 4.74 Å². The topological polar surface area (TPSA) is 35.5 Å². The van der Waals surface area contributed by atoms with E-state index in [-0.39, 0.29) is 17.1 Å². The molecule has 0 amide bonds. The number of esters is 1. The number of hydrogen-bond donors (Lipinski definition) is 0. The van der Waals surface area contributed by atoms with Gasteiger partial charge in [-0.3, -0.25) is 0 Å². The fraction of sp³-hybridized carbons (Fsp3) is 0.346. The summed E-state index contributed by atoms with van der Waals surface area (Å²) in [4.78, 5) is 15.0. The zero-order chi connectivity index (χ0) is 21.3. The second-order valence-electron chi connectivity index (χ2n) is 8.09. The van der Waals surface area contributed by atoms with Crippen molar-refractivity contribution in [2.24, 2.45) is 0 Å². The van der Waals surface area contributed by atoms with Gasteiger partial charge in [0.15, 0.2) is 26.7 Å². The first-order valence-corrected chi connectivity index (χ1v) is 11.6. The first-order chi connectivity index (χ1) is 14.4. The summed E-state index contributed by atoms with van der Waals surface area (Å²) in [6.45, 7) is 6.12. The molecule has 1 fully saturated rings. The van der Waals surface area contributed by atoms with E-state index in [2.05, 4.69) is 55.3 Å². The molecule has 4 heteroatoms. The van der Waals surface area contributed by atoms with E-state index in [4.69, 9.17) is 15.9 Å². The van der Waals surface area contributed by atoms with Crippen molar-refractivity contribution >= 4 is 26.5 Å². The lowest BCUT2D eigenvalue weighted by molar-refractivity contribution is -0.156. The maximum Gasteiger partial charge on any atom is 0.345 e. The standard InChI is InChI=1S/C26H27O3S/c1-5-26(12-8-9-13-26)29-24(27)17-28-25-18(2)14-22(15-19(25)3)30-20(4)16-21-10-6-7-11-23(21)30/h1,6-7,10-11,14-16H,8-9,12-13,17H2,2-4H3/q+1. The van der Waals surface area contributed by atoms with Gasteiger partial charge in [0.05, 0.1) is 0 Å². The normalized spacial score (nSPS) is 15.7. The van der Waals surface area contributed by atoms with Gasteiger partial charge in [-0.05, 0) is 62.8 Å². The molecule has 1 saturated carbocycles. The number of carbonyl (C=O) groups is 1. The molecule has 1 aliphatic rings. The van der Waals surface area contributed by atoms with Crippen molar-refractivity contribution in [3.63, 3.8) is 0 Å². The van der Waals surface area contributed by atoms with Crippen LogP contribution >= 0.6 is 10.5 Å². The van der Waals surface area contributed by atoms with Gasteiger partial charge in [0.25, 0.3) is 0 Å². The lowest BCUT2D eigenvalue weighted by Crippen LogP contribution is -2.32. The second kappa shape index (κ2) is 8.16. The minimum atomic E-state index is -0.741. The molecule has 4 rings (SSSR count). The first-order valence-electron chi connectivity index (χ1n) is 10.4. The van der Waals surface area contributed by atoms with Gasteiger partial charge < -0.3 is 9.47 Å². The van der Waals surface area contributed by atoms with Gasteiger partial charge in [-0.1, -0.05) is 18.1 Å². The van der Waals surface area contributed by atoms with Gasteiger partial charge >= 0.3 is 5.97 Å². The van der Waals surface area contributed by atoms with Crippen LogP contribution in [0.3, 0.4) is 0 Å². The van der Waals surface area contributed by atoms with Crippen molar-refractivity contribution < 1.29 is 14.3 Å². The molecule has 0 N–H and O–H groups in total. The van der Waals surface area contributed by atoms with E-state index in [1.54, 1.807) is 0 Å². The molecule has 0 saturated heterocycles. The Morgan fingerprint density at radius 2 is 1.77 bits per heavy atom. The van der Waals surface area contributed by atoms with Crippen LogP contribution in [0.25, 0.3) is 15.0 Å². The first kappa shape index (κ1) is 20.5. The van der Waals surface area contributed by atoms with Crippen LogP contribution in [0.4, 0.5) is 0 Å². The average Bonchev–Trinajstić information content (AvgIpc) is 3.31. The summed E-state index contributed by atoms with van der Waals surface area (Å²) >= 11 is 0. The molecule has 30 heavy (non-hydrogen) atoms. The molecule has 1 atom stereocenters. The van der Waals surface area contributed by atoms with Crippen molar-refractivity contribution in [3.8, 4) is 23.0 Å². The quantitative estimate of drug-likeness (QED) is 0.274. The Balaban J connectivity index is 1.54. The van der Waals surface area contributed by atoms with Crippen LogP contribution in [0.5, 0.6) is 5.75 Å². The van der Waals surface area contributed by atoms with Crippen molar-refractivity contribution in [2.45, 2.75) is 52.1 Å². The number of carbonyl (C=O) groups excluding carboxylic acids is 1. The second-order valence-corrected chi connectivity index (χ2v) is 10.3. The Hall–Kier alpha value is -2.77. The molecule has 0 aliphatic heterocycles. The Morgan fingerprint density at radius 1 is 1.10 bits per heavy atom. The number of thiophene rings is 1. The number of aryl methyl sites for hydroxylation is 3. The molecule has 1 aliphatic carbocycles. The zero-order valence-electron chi connectivity index (χ0n) is 17.8. The Morgan fingerprint density at radius 3 is 2.43 bits per heavy atom. The maximum absolute atomic E-state index is 12.4. The van der Waals surface area contributed by atoms with Crippen LogP contribution in [0.2, 0.25) is 0 Å². The summed E-state index contributed by atoms with van der Waals surface area (Å²) in [5.41, 5.74) is 1.31. The average molecular weight is 420 g/mol. The minimum Gasteiger partial charge on any atom is -0.481 e. The third kappa shape index (κ3) is 3.82. The Kier molecular flexibility index (Phi) is 5.58. The molecule has 3 nitrogen and oxygen atoms in total. The summed E-state index contributed by atoms with van der Waals surface area (Å²) in [6.07, 6.45) is 9.09. The van der Waals surface area contributed by atoms with Crippen LogP contribution in [0.15, 0.2) is 42.5 Å². The Labute approximate surface area is 181 Å². The van der Waals surface area contributed by atoms with Crippen LogP contribution in [0.1, 0.15) is 41.7 Å². The van der Waals surface area contributed by atoms with Crippen LogP contribution in [-0.4, -0.2) is 18.2 Å². The third-order valence-corrected chi connectivity index (χ3v) is 8.09. The van der Waals surface area contributed by atoms with E-state index >= 15 is 0 Å². The SMILES string of the molecule is C#CC1(OC(=O)COc2c(C)cc(-[s+]3c(C)cc4ccccc43)cc2C)CCCC1. The predicted octanol–water partition coefficient (Wildman–Crippen LogP) is 6.37. The highest BCUT2D eigenvalue weighted by Gasteiger charge is 2.36. The van der Waals surface area contributed by atoms with Gasteiger partial charge in [-0.25, -0.2) is 4.79 Å². The van der Waals surface area contributed by atoms with E-state index in [9.17, 15) is 4.79 Å². The highest BCUT2D eigenvalue weighted by molar-refractivity contribution is 7.45. The molecule has 2 aromatic carbocycles. The van der Waals surface area contributed by atoms with Crippen LogP contribution in [0, 0.1) is 33.1 Å². The summed E-state index contributed by atoms with van der Waals surface area (Å²) in [6, 6.07) is 15.2. The van der Waals surface area contributed by atoms with E-state index in [1.807, 2.05) is 13.8 Å². The number of fused-ring (bicyclic) bond motifs is 1. The summed E-state index contributed by atoms with van der Waals surface area (Å²) < 4.78 is 12.9. The zero-order valence-corrected chi connectivity index (χ0v) is 18.6. The molecule has 1 aromatic heterocycles. The molecule has 0 bridgehead atoms. The summed E-state index contributed by atoms with van der Waals surface area (Å²) in [5, 5.41) is 1.30. The fourth-order valence-corrected chi connectivity index (χ4v) is 6.79. The van der Waals surface area contributed by atoms with Crippen molar-refractivity contribution in [3.05, 3.63) is 58.5 Å².